The van der Waals surface area contributed by atoms with Gasteiger partial charge < -0.3 is 24.8 Å². The summed E-state index contributed by atoms with van der Waals surface area (Å²) in [4.78, 5) is 4.28. The van der Waals surface area contributed by atoms with Crippen LogP contribution in [0.2, 0.25) is 0 Å². The number of aliphatic imine (C=N–C) groups is 1. The SMILES string of the molecule is CCOc1ccccc1CNC(=NC)NCc1ccc(OCC)c(OC)c1. The molecule has 0 radical (unpaired) electrons. The van der Waals surface area contributed by atoms with E-state index in [1.54, 1.807) is 14.2 Å². The molecule has 0 unspecified atom stereocenters. The predicted octanol–water partition coefficient (Wildman–Crippen LogP) is 3.36. The molecule has 0 bridgehead atoms. The summed E-state index contributed by atoms with van der Waals surface area (Å²) in [5, 5.41) is 6.63. The summed E-state index contributed by atoms with van der Waals surface area (Å²) in [5.41, 5.74) is 2.16. The van der Waals surface area contributed by atoms with Crippen molar-refractivity contribution in [2.45, 2.75) is 26.9 Å². The molecule has 2 aromatic rings. The number of hydrogen-bond acceptors (Lipinski definition) is 4. The van der Waals surface area contributed by atoms with E-state index in [9.17, 15) is 0 Å². The number of rotatable bonds is 9. The lowest BCUT2D eigenvalue weighted by Crippen LogP contribution is -2.36. The normalized spacial score (nSPS) is 11.0. The van der Waals surface area contributed by atoms with Gasteiger partial charge in [0.2, 0.25) is 0 Å². The van der Waals surface area contributed by atoms with E-state index in [2.05, 4.69) is 15.6 Å². The Bertz CT molecular complexity index is 747. The number of ether oxygens (including phenoxy) is 3. The molecule has 2 N–H and O–H groups in total. The van der Waals surface area contributed by atoms with Gasteiger partial charge in [-0.15, -0.1) is 0 Å². The molecule has 0 heterocycles. The number of nitrogens with zero attached hydrogens (tertiary/aromatic N) is 1. The van der Waals surface area contributed by atoms with Crippen LogP contribution < -0.4 is 24.8 Å². The van der Waals surface area contributed by atoms with Crippen LogP contribution in [0.15, 0.2) is 47.5 Å². The van der Waals surface area contributed by atoms with Crippen molar-refractivity contribution in [3.05, 3.63) is 53.6 Å². The Morgan fingerprint density at radius 1 is 0.889 bits per heavy atom. The largest absolute Gasteiger partial charge is 0.494 e. The molecular formula is C21H29N3O3. The standard InChI is InChI=1S/C21H29N3O3/c1-5-26-18-10-8-7-9-17(18)15-24-21(22-3)23-14-16-11-12-19(27-6-2)20(13-16)25-4/h7-13H,5-6,14-15H2,1-4H3,(H2,22,23,24). The molecule has 0 saturated carbocycles. The molecule has 146 valence electrons. The molecule has 2 aromatic carbocycles. The maximum absolute atomic E-state index is 5.66. The first-order valence-corrected chi connectivity index (χ1v) is 9.16. The molecule has 2 rings (SSSR count). The van der Waals surface area contributed by atoms with Crippen molar-refractivity contribution in [2.24, 2.45) is 4.99 Å². The van der Waals surface area contributed by atoms with Crippen molar-refractivity contribution >= 4 is 5.96 Å². The van der Waals surface area contributed by atoms with Crippen molar-refractivity contribution in [3.8, 4) is 17.2 Å². The van der Waals surface area contributed by atoms with E-state index >= 15 is 0 Å². The highest BCUT2D eigenvalue weighted by atomic mass is 16.5. The molecule has 0 amide bonds. The van der Waals surface area contributed by atoms with Crippen LogP contribution in [0.4, 0.5) is 0 Å². The fourth-order valence-corrected chi connectivity index (χ4v) is 2.63. The fraction of sp³-hybridized carbons (Fsp3) is 0.381. The Kier molecular flexibility index (Phi) is 8.29. The number of nitrogens with one attached hydrogen (secondary N) is 2. The molecule has 0 spiro atoms. The van der Waals surface area contributed by atoms with Gasteiger partial charge in [0.25, 0.3) is 0 Å². The number of guanidine groups is 1. The van der Waals surface area contributed by atoms with Crippen molar-refractivity contribution in [3.63, 3.8) is 0 Å². The third-order valence-electron chi connectivity index (χ3n) is 3.93. The second kappa shape index (κ2) is 11.0. The van der Waals surface area contributed by atoms with Crippen molar-refractivity contribution in [2.75, 3.05) is 27.4 Å². The molecule has 6 nitrogen and oxygen atoms in total. The van der Waals surface area contributed by atoms with Crippen molar-refractivity contribution < 1.29 is 14.2 Å². The Hall–Kier alpha value is -2.89. The highest BCUT2D eigenvalue weighted by Gasteiger charge is 2.07. The lowest BCUT2D eigenvalue weighted by atomic mass is 10.2. The van der Waals surface area contributed by atoms with Gasteiger partial charge in [0, 0.05) is 25.7 Å². The molecule has 0 aromatic heterocycles. The number of benzene rings is 2. The molecule has 6 heteroatoms. The number of hydrogen-bond donors (Lipinski definition) is 2. The van der Waals surface area contributed by atoms with Crippen LogP contribution in [0.5, 0.6) is 17.2 Å². The summed E-state index contributed by atoms with van der Waals surface area (Å²) >= 11 is 0. The van der Waals surface area contributed by atoms with E-state index in [0.717, 1.165) is 28.4 Å². The summed E-state index contributed by atoms with van der Waals surface area (Å²) in [5.74, 6) is 3.08. The van der Waals surface area contributed by atoms with Gasteiger partial charge in [-0.2, -0.15) is 0 Å². The zero-order chi connectivity index (χ0) is 19.5. The second-order valence-corrected chi connectivity index (χ2v) is 5.74. The quantitative estimate of drug-likeness (QED) is 0.523. The summed E-state index contributed by atoms with van der Waals surface area (Å²) in [6.45, 7) is 6.43. The summed E-state index contributed by atoms with van der Waals surface area (Å²) in [6, 6.07) is 13.9. The lowest BCUT2D eigenvalue weighted by molar-refractivity contribution is 0.310. The van der Waals surface area contributed by atoms with Gasteiger partial charge in [-0.1, -0.05) is 24.3 Å². The van der Waals surface area contributed by atoms with Gasteiger partial charge in [0.15, 0.2) is 17.5 Å². The Labute approximate surface area is 161 Å². The zero-order valence-electron chi connectivity index (χ0n) is 16.5. The second-order valence-electron chi connectivity index (χ2n) is 5.74. The molecule has 0 saturated heterocycles. The zero-order valence-corrected chi connectivity index (χ0v) is 16.5. The minimum Gasteiger partial charge on any atom is -0.494 e. The Morgan fingerprint density at radius 3 is 2.30 bits per heavy atom. The smallest absolute Gasteiger partial charge is 0.191 e. The van der Waals surface area contributed by atoms with E-state index in [4.69, 9.17) is 14.2 Å². The monoisotopic (exact) mass is 371 g/mol. The van der Waals surface area contributed by atoms with Crippen LogP contribution in [0, 0.1) is 0 Å². The Balaban J connectivity index is 1.94. The van der Waals surface area contributed by atoms with Gasteiger partial charge in [-0.25, -0.2) is 0 Å². The molecule has 0 aliphatic heterocycles. The first kappa shape index (κ1) is 20.4. The van der Waals surface area contributed by atoms with E-state index in [0.29, 0.717) is 32.3 Å². The predicted molar refractivity (Wildman–Crippen MR) is 109 cm³/mol. The molecule has 0 aliphatic carbocycles. The lowest BCUT2D eigenvalue weighted by Gasteiger charge is -2.15. The molecule has 0 fully saturated rings. The van der Waals surface area contributed by atoms with Gasteiger partial charge in [-0.05, 0) is 37.6 Å². The average molecular weight is 371 g/mol. The maximum Gasteiger partial charge on any atom is 0.191 e. The third-order valence-corrected chi connectivity index (χ3v) is 3.93. The first-order chi connectivity index (χ1) is 13.2. The molecule has 0 aliphatic rings. The van der Waals surface area contributed by atoms with Crippen LogP contribution in [-0.2, 0) is 13.1 Å². The van der Waals surface area contributed by atoms with Crippen molar-refractivity contribution in [1.29, 1.82) is 0 Å². The van der Waals surface area contributed by atoms with Crippen LogP contribution in [0.25, 0.3) is 0 Å². The van der Waals surface area contributed by atoms with Gasteiger partial charge in [-0.3, -0.25) is 4.99 Å². The van der Waals surface area contributed by atoms with E-state index in [-0.39, 0.29) is 0 Å². The Morgan fingerprint density at radius 2 is 1.59 bits per heavy atom. The molecule has 0 atom stereocenters. The highest BCUT2D eigenvalue weighted by Crippen LogP contribution is 2.27. The molecular weight excluding hydrogens is 342 g/mol. The minimum absolute atomic E-state index is 0.605. The number of methoxy groups -OCH3 is 1. The average Bonchev–Trinajstić information content (AvgIpc) is 2.70. The van der Waals surface area contributed by atoms with E-state index in [1.807, 2.05) is 56.3 Å². The summed E-state index contributed by atoms with van der Waals surface area (Å²) < 4.78 is 16.6. The third kappa shape index (κ3) is 6.09. The summed E-state index contributed by atoms with van der Waals surface area (Å²) in [6.07, 6.45) is 0. The minimum atomic E-state index is 0.605. The summed E-state index contributed by atoms with van der Waals surface area (Å²) in [7, 11) is 3.40. The van der Waals surface area contributed by atoms with Gasteiger partial charge in [0.1, 0.15) is 5.75 Å². The van der Waals surface area contributed by atoms with Crippen molar-refractivity contribution in [1.82, 2.24) is 10.6 Å². The van der Waals surface area contributed by atoms with Gasteiger partial charge >= 0.3 is 0 Å². The van der Waals surface area contributed by atoms with E-state index in [1.165, 1.54) is 0 Å². The molecule has 27 heavy (non-hydrogen) atoms. The van der Waals surface area contributed by atoms with Crippen LogP contribution in [0.3, 0.4) is 0 Å². The van der Waals surface area contributed by atoms with Gasteiger partial charge in [0.05, 0.1) is 20.3 Å². The van der Waals surface area contributed by atoms with Crippen LogP contribution >= 0.6 is 0 Å². The van der Waals surface area contributed by atoms with E-state index < -0.39 is 0 Å². The van der Waals surface area contributed by atoms with Crippen LogP contribution in [0.1, 0.15) is 25.0 Å². The fourth-order valence-electron chi connectivity index (χ4n) is 2.63. The van der Waals surface area contributed by atoms with Crippen LogP contribution in [-0.4, -0.2) is 33.3 Å². The number of para-hydroxylation sites is 1. The highest BCUT2D eigenvalue weighted by molar-refractivity contribution is 5.79. The topological polar surface area (TPSA) is 64.1 Å². The maximum atomic E-state index is 5.66. The first-order valence-electron chi connectivity index (χ1n) is 9.16.